The van der Waals surface area contributed by atoms with Crippen molar-refractivity contribution in [2.75, 3.05) is 26.2 Å². The minimum absolute atomic E-state index is 0.258. The zero-order valence-electron chi connectivity index (χ0n) is 9.29. The minimum atomic E-state index is 0.258. The Kier molecular flexibility index (Phi) is 2.82. The van der Waals surface area contributed by atoms with Crippen LogP contribution in [0, 0.1) is 5.41 Å². The Morgan fingerprint density at radius 3 is 2.71 bits per heavy atom. The van der Waals surface area contributed by atoms with Crippen LogP contribution in [0.3, 0.4) is 0 Å². The highest BCUT2D eigenvalue weighted by Gasteiger charge is 2.54. The number of hydrogen-bond donors (Lipinski definition) is 2. The van der Waals surface area contributed by atoms with E-state index in [2.05, 4.69) is 24.1 Å². The molecule has 3 heteroatoms. The first-order chi connectivity index (χ1) is 6.68. The Bertz CT molecular complexity index is 201. The van der Waals surface area contributed by atoms with Crippen molar-refractivity contribution in [3.63, 3.8) is 0 Å². The van der Waals surface area contributed by atoms with E-state index in [-0.39, 0.29) is 6.61 Å². The summed E-state index contributed by atoms with van der Waals surface area (Å²) in [7, 11) is 0. The summed E-state index contributed by atoms with van der Waals surface area (Å²) in [4.78, 5) is 2.56. The molecular weight excluding hydrogens is 176 g/mol. The Labute approximate surface area is 86.5 Å². The molecule has 2 fully saturated rings. The lowest BCUT2D eigenvalue weighted by Gasteiger charge is -2.20. The number of nitrogens with zero attached hydrogens (tertiary/aromatic N) is 1. The SMILES string of the molecule is CC(C)N1C[C@H](NCCO)C2(CC2)C1. The van der Waals surface area contributed by atoms with Crippen molar-refractivity contribution in [2.24, 2.45) is 5.41 Å². The van der Waals surface area contributed by atoms with Crippen LogP contribution in [0.2, 0.25) is 0 Å². The summed E-state index contributed by atoms with van der Waals surface area (Å²) >= 11 is 0. The van der Waals surface area contributed by atoms with Gasteiger partial charge in [0, 0.05) is 31.7 Å². The van der Waals surface area contributed by atoms with Crippen LogP contribution >= 0.6 is 0 Å². The molecule has 2 rings (SSSR count). The van der Waals surface area contributed by atoms with E-state index in [0.717, 1.165) is 13.1 Å². The molecule has 1 saturated carbocycles. The van der Waals surface area contributed by atoms with Gasteiger partial charge in [0.1, 0.15) is 0 Å². The third kappa shape index (κ3) is 1.81. The quantitative estimate of drug-likeness (QED) is 0.688. The van der Waals surface area contributed by atoms with Crippen molar-refractivity contribution < 1.29 is 5.11 Å². The third-order valence-corrected chi connectivity index (χ3v) is 3.80. The van der Waals surface area contributed by atoms with Gasteiger partial charge in [-0.3, -0.25) is 4.90 Å². The van der Waals surface area contributed by atoms with E-state index in [4.69, 9.17) is 5.11 Å². The highest BCUT2D eigenvalue weighted by Crippen LogP contribution is 2.53. The summed E-state index contributed by atoms with van der Waals surface area (Å²) in [6, 6.07) is 1.28. The van der Waals surface area contributed by atoms with Crippen molar-refractivity contribution in [3.05, 3.63) is 0 Å². The molecule has 3 nitrogen and oxygen atoms in total. The predicted molar refractivity (Wildman–Crippen MR) is 57.3 cm³/mol. The minimum Gasteiger partial charge on any atom is -0.395 e. The van der Waals surface area contributed by atoms with Crippen LogP contribution in [0.4, 0.5) is 0 Å². The fraction of sp³-hybridized carbons (Fsp3) is 1.00. The summed E-state index contributed by atoms with van der Waals surface area (Å²) in [5.74, 6) is 0. The molecule has 1 aliphatic carbocycles. The third-order valence-electron chi connectivity index (χ3n) is 3.80. The van der Waals surface area contributed by atoms with Crippen LogP contribution in [-0.4, -0.2) is 48.3 Å². The van der Waals surface area contributed by atoms with Crippen molar-refractivity contribution in [2.45, 2.75) is 38.8 Å². The Morgan fingerprint density at radius 1 is 1.50 bits per heavy atom. The summed E-state index contributed by atoms with van der Waals surface area (Å²) < 4.78 is 0. The fourth-order valence-corrected chi connectivity index (χ4v) is 2.59. The van der Waals surface area contributed by atoms with Crippen LogP contribution in [0.1, 0.15) is 26.7 Å². The van der Waals surface area contributed by atoms with Crippen molar-refractivity contribution in [3.8, 4) is 0 Å². The molecule has 1 saturated heterocycles. The smallest absolute Gasteiger partial charge is 0.0556 e. The van der Waals surface area contributed by atoms with Crippen LogP contribution in [0.5, 0.6) is 0 Å². The summed E-state index contributed by atoms with van der Waals surface area (Å²) in [5, 5.41) is 12.3. The molecule has 1 heterocycles. The van der Waals surface area contributed by atoms with E-state index in [9.17, 15) is 0 Å². The number of aliphatic hydroxyl groups is 1. The average Bonchev–Trinajstić information content (AvgIpc) is 2.79. The van der Waals surface area contributed by atoms with Gasteiger partial charge in [-0.05, 0) is 32.1 Å². The standard InChI is InChI=1S/C11H22N2O/c1-9(2)13-7-10(12-5-6-14)11(8-13)3-4-11/h9-10,12,14H,3-8H2,1-2H3/t10-/m0/s1. The molecule has 0 aromatic heterocycles. The van der Waals surface area contributed by atoms with Crippen molar-refractivity contribution in [1.82, 2.24) is 10.2 Å². The van der Waals surface area contributed by atoms with Gasteiger partial charge < -0.3 is 10.4 Å². The number of nitrogens with one attached hydrogen (secondary N) is 1. The van der Waals surface area contributed by atoms with Crippen LogP contribution in [-0.2, 0) is 0 Å². The molecule has 0 unspecified atom stereocenters. The maximum Gasteiger partial charge on any atom is 0.0556 e. The molecule has 0 aromatic carbocycles. The highest BCUT2D eigenvalue weighted by molar-refractivity contribution is 5.10. The van der Waals surface area contributed by atoms with Gasteiger partial charge in [0.15, 0.2) is 0 Å². The molecule has 14 heavy (non-hydrogen) atoms. The lowest BCUT2D eigenvalue weighted by Crippen LogP contribution is -2.39. The molecule has 1 atom stereocenters. The Hall–Kier alpha value is -0.120. The molecule has 0 aromatic rings. The predicted octanol–water partition coefficient (Wildman–Crippen LogP) is 0.441. The zero-order chi connectivity index (χ0) is 10.2. The average molecular weight is 198 g/mol. The van der Waals surface area contributed by atoms with Gasteiger partial charge in [0.25, 0.3) is 0 Å². The zero-order valence-corrected chi connectivity index (χ0v) is 9.29. The van der Waals surface area contributed by atoms with Gasteiger partial charge >= 0.3 is 0 Å². The van der Waals surface area contributed by atoms with E-state index in [1.54, 1.807) is 0 Å². The van der Waals surface area contributed by atoms with Crippen molar-refractivity contribution >= 4 is 0 Å². The molecule has 82 valence electrons. The molecule has 0 bridgehead atoms. The largest absolute Gasteiger partial charge is 0.395 e. The maximum atomic E-state index is 8.82. The molecule has 2 aliphatic rings. The lowest BCUT2D eigenvalue weighted by atomic mass is 10.0. The van der Waals surface area contributed by atoms with Gasteiger partial charge in [0.2, 0.25) is 0 Å². The normalized spacial score (nSPS) is 30.4. The van der Waals surface area contributed by atoms with E-state index in [1.807, 2.05) is 0 Å². The molecule has 1 spiro atoms. The van der Waals surface area contributed by atoms with E-state index >= 15 is 0 Å². The first-order valence-corrected chi connectivity index (χ1v) is 5.76. The maximum absolute atomic E-state index is 8.82. The molecular formula is C11H22N2O. The first-order valence-electron chi connectivity index (χ1n) is 5.76. The lowest BCUT2D eigenvalue weighted by molar-refractivity contribution is 0.257. The van der Waals surface area contributed by atoms with Gasteiger partial charge in [-0.1, -0.05) is 0 Å². The second-order valence-corrected chi connectivity index (χ2v) is 5.12. The number of hydrogen-bond acceptors (Lipinski definition) is 3. The Morgan fingerprint density at radius 2 is 2.21 bits per heavy atom. The topological polar surface area (TPSA) is 35.5 Å². The molecule has 2 N–H and O–H groups in total. The van der Waals surface area contributed by atoms with Gasteiger partial charge in [0.05, 0.1) is 6.61 Å². The van der Waals surface area contributed by atoms with Crippen LogP contribution < -0.4 is 5.32 Å². The van der Waals surface area contributed by atoms with Gasteiger partial charge in [-0.2, -0.15) is 0 Å². The summed E-state index contributed by atoms with van der Waals surface area (Å²) in [6.45, 7) is 7.97. The van der Waals surface area contributed by atoms with E-state index in [0.29, 0.717) is 17.5 Å². The molecule has 0 amide bonds. The molecule has 1 aliphatic heterocycles. The number of rotatable bonds is 4. The van der Waals surface area contributed by atoms with Crippen LogP contribution in [0.25, 0.3) is 0 Å². The van der Waals surface area contributed by atoms with Gasteiger partial charge in [-0.15, -0.1) is 0 Å². The highest BCUT2D eigenvalue weighted by atomic mass is 16.3. The second-order valence-electron chi connectivity index (χ2n) is 5.12. The second kappa shape index (κ2) is 3.80. The monoisotopic (exact) mass is 198 g/mol. The Balaban J connectivity index is 1.90. The fourth-order valence-electron chi connectivity index (χ4n) is 2.59. The number of likely N-dealkylation sites (tertiary alicyclic amines) is 1. The van der Waals surface area contributed by atoms with Crippen LogP contribution in [0.15, 0.2) is 0 Å². The first kappa shape index (κ1) is 10.4. The summed E-state index contributed by atoms with van der Waals surface area (Å²) in [6.07, 6.45) is 2.75. The summed E-state index contributed by atoms with van der Waals surface area (Å²) in [5.41, 5.74) is 0.569. The molecule has 0 radical (unpaired) electrons. The van der Waals surface area contributed by atoms with E-state index in [1.165, 1.54) is 19.4 Å². The van der Waals surface area contributed by atoms with Gasteiger partial charge in [-0.25, -0.2) is 0 Å². The van der Waals surface area contributed by atoms with Crippen molar-refractivity contribution in [1.29, 1.82) is 0 Å². The van der Waals surface area contributed by atoms with E-state index < -0.39 is 0 Å². The number of aliphatic hydroxyl groups excluding tert-OH is 1.